The lowest BCUT2D eigenvalue weighted by Crippen LogP contribution is -2.68. The third kappa shape index (κ3) is 4.29. The molecule has 0 aromatic heterocycles. The zero-order chi connectivity index (χ0) is 18.0. The normalized spacial score (nSPS) is 35.5. The van der Waals surface area contributed by atoms with E-state index in [-0.39, 0.29) is 41.3 Å². The van der Waals surface area contributed by atoms with E-state index in [0.717, 1.165) is 44.7 Å². The molecule has 3 unspecified atom stereocenters. The number of hydrogen-bond donors (Lipinski definition) is 2. The summed E-state index contributed by atoms with van der Waals surface area (Å²) < 4.78 is 11.0. The zero-order valence-electron chi connectivity index (χ0n) is 16.4. The van der Waals surface area contributed by atoms with Crippen LogP contribution in [0.25, 0.3) is 0 Å². The van der Waals surface area contributed by atoms with E-state index in [2.05, 4.69) is 29.5 Å². The van der Waals surface area contributed by atoms with E-state index < -0.39 is 0 Å². The minimum atomic E-state index is -0.0352. The second-order valence-corrected chi connectivity index (χ2v) is 8.20. The van der Waals surface area contributed by atoms with Crippen molar-refractivity contribution >= 4 is 35.9 Å². The number of esters is 1. The Hall–Kier alpha value is -0.570. The minimum absolute atomic E-state index is 0. The summed E-state index contributed by atoms with van der Waals surface area (Å²) in [5.74, 6) is 1.50. The molecule has 2 N–H and O–H groups in total. The Bertz CT molecular complexity index is 518. The highest BCUT2D eigenvalue weighted by Gasteiger charge is 2.59. The van der Waals surface area contributed by atoms with Crippen molar-refractivity contribution in [1.82, 2.24) is 10.6 Å². The number of carbonyl (C=O) groups excluding carboxylic acids is 1. The molecule has 0 radical (unpaired) electrons. The topological polar surface area (TPSA) is 72.0 Å². The Morgan fingerprint density at radius 1 is 1.19 bits per heavy atom. The van der Waals surface area contributed by atoms with E-state index in [0.29, 0.717) is 30.7 Å². The summed E-state index contributed by atoms with van der Waals surface area (Å²) in [6, 6.07) is 0.776. The van der Waals surface area contributed by atoms with Crippen LogP contribution in [-0.2, 0) is 14.3 Å². The summed E-state index contributed by atoms with van der Waals surface area (Å²) in [6.45, 7) is 7.75. The number of guanidine groups is 1. The van der Waals surface area contributed by atoms with Crippen molar-refractivity contribution in [2.45, 2.75) is 71.1 Å². The van der Waals surface area contributed by atoms with Crippen LogP contribution in [0.4, 0.5) is 0 Å². The van der Waals surface area contributed by atoms with Gasteiger partial charge in [-0.25, -0.2) is 0 Å². The van der Waals surface area contributed by atoms with E-state index in [1.54, 1.807) is 0 Å². The van der Waals surface area contributed by atoms with Gasteiger partial charge in [0.25, 0.3) is 0 Å². The Kier molecular flexibility index (Phi) is 7.59. The lowest BCUT2D eigenvalue weighted by molar-refractivity contribution is -0.149. The molecule has 1 aliphatic heterocycles. The number of fused-ring (bicyclic) bond motifs is 1. The maximum Gasteiger partial charge on any atom is 0.308 e. The Labute approximate surface area is 174 Å². The highest BCUT2D eigenvalue weighted by atomic mass is 127. The first-order valence-electron chi connectivity index (χ1n) is 9.75. The van der Waals surface area contributed by atoms with Crippen molar-refractivity contribution in [2.24, 2.45) is 22.2 Å². The number of rotatable bonds is 4. The zero-order valence-corrected chi connectivity index (χ0v) is 18.7. The molecule has 0 aromatic rings. The smallest absolute Gasteiger partial charge is 0.308 e. The van der Waals surface area contributed by atoms with Gasteiger partial charge in [0.05, 0.1) is 18.6 Å². The average Bonchev–Trinajstić information content (AvgIpc) is 3.06. The van der Waals surface area contributed by atoms with Crippen LogP contribution in [-0.4, -0.2) is 50.4 Å². The number of ether oxygens (including phenoxy) is 2. The van der Waals surface area contributed by atoms with Crippen LogP contribution >= 0.6 is 24.0 Å². The van der Waals surface area contributed by atoms with Gasteiger partial charge in [-0.05, 0) is 39.0 Å². The van der Waals surface area contributed by atoms with Crippen LogP contribution in [0.5, 0.6) is 0 Å². The SMILES string of the molecule is CCOC(=O)C1CCC(NC(=NC)NC2C3CCOC3C2(C)C)CC1.I. The molecule has 3 rings (SSSR count). The molecular weight excluding hydrogens is 445 g/mol. The lowest BCUT2D eigenvalue weighted by atomic mass is 9.57. The summed E-state index contributed by atoms with van der Waals surface area (Å²) in [5.41, 5.74) is 0.139. The molecule has 150 valence electrons. The first-order valence-corrected chi connectivity index (χ1v) is 9.75. The summed E-state index contributed by atoms with van der Waals surface area (Å²) in [5, 5.41) is 7.19. The molecule has 0 spiro atoms. The van der Waals surface area contributed by atoms with E-state index in [1.165, 1.54) is 0 Å². The van der Waals surface area contributed by atoms with E-state index >= 15 is 0 Å². The van der Waals surface area contributed by atoms with Gasteiger partial charge in [0.15, 0.2) is 5.96 Å². The molecule has 0 amide bonds. The van der Waals surface area contributed by atoms with Crippen molar-refractivity contribution in [3.8, 4) is 0 Å². The molecule has 1 saturated heterocycles. The molecule has 26 heavy (non-hydrogen) atoms. The van der Waals surface area contributed by atoms with Crippen molar-refractivity contribution in [2.75, 3.05) is 20.3 Å². The van der Waals surface area contributed by atoms with E-state index in [9.17, 15) is 4.79 Å². The average molecular weight is 479 g/mol. The molecule has 6 nitrogen and oxygen atoms in total. The molecule has 7 heteroatoms. The second-order valence-electron chi connectivity index (χ2n) is 8.20. The lowest BCUT2D eigenvalue weighted by Gasteiger charge is -2.55. The predicted octanol–water partition coefficient (Wildman–Crippen LogP) is 2.70. The first kappa shape index (κ1) is 21.7. The number of halogens is 1. The Morgan fingerprint density at radius 2 is 1.88 bits per heavy atom. The maximum atomic E-state index is 11.9. The molecule has 2 saturated carbocycles. The molecule has 3 aliphatic rings. The van der Waals surface area contributed by atoms with Crippen LogP contribution in [0.2, 0.25) is 0 Å². The van der Waals surface area contributed by atoms with Gasteiger partial charge in [-0.1, -0.05) is 13.8 Å². The van der Waals surface area contributed by atoms with Gasteiger partial charge in [0.1, 0.15) is 0 Å². The van der Waals surface area contributed by atoms with Crippen molar-refractivity contribution < 1.29 is 14.3 Å². The highest BCUT2D eigenvalue weighted by molar-refractivity contribution is 14.0. The van der Waals surface area contributed by atoms with Crippen LogP contribution in [0.15, 0.2) is 4.99 Å². The van der Waals surface area contributed by atoms with Crippen LogP contribution in [0.3, 0.4) is 0 Å². The standard InChI is InChI=1S/C19H33N3O3.HI/c1-5-24-17(23)12-6-8-13(9-7-12)21-18(20-4)22-15-14-10-11-25-16(14)19(15,2)3;/h12-16H,5-11H2,1-4H3,(H2,20,21,22);1H. The number of nitrogens with one attached hydrogen (secondary N) is 2. The van der Waals surface area contributed by atoms with Gasteiger partial charge in [-0.3, -0.25) is 9.79 Å². The molecule has 1 heterocycles. The van der Waals surface area contributed by atoms with Gasteiger partial charge >= 0.3 is 5.97 Å². The molecule has 0 bridgehead atoms. The molecular formula is C19H34IN3O3. The number of nitrogens with zero attached hydrogens (tertiary/aromatic N) is 1. The Balaban J connectivity index is 0.00000243. The molecule has 0 aromatic carbocycles. The fourth-order valence-electron chi connectivity index (χ4n) is 4.86. The molecule has 3 fully saturated rings. The number of aliphatic imine (C=N–C) groups is 1. The fraction of sp³-hybridized carbons (Fsp3) is 0.895. The number of carbonyl (C=O) groups is 1. The summed E-state index contributed by atoms with van der Waals surface area (Å²) >= 11 is 0. The molecule has 3 atom stereocenters. The summed E-state index contributed by atoms with van der Waals surface area (Å²) in [7, 11) is 1.83. The van der Waals surface area contributed by atoms with Crippen LogP contribution in [0.1, 0.15) is 52.9 Å². The second kappa shape index (κ2) is 9.08. The minimum Gasteiger partial charge on any atom is -0.466 e. The monoisotopic (exact) mass is 479 g/mol. The van der Waals surface area contributed by atoms with Crippen molar-refractivity contribution in [3.05, 3.63) is 0 Å². The van der Waals surface area contributed by atoms with Gasteiger partial charge < -0.3 is 20.1 Å². The van der Waals surface area contributed by atoms with Crippen LogP contribution < -0.4 is 10.6 Å². The number of hydrogen-bond acceptors (Lipinski definition) is 4. The van der Waals surface area contributed by atoms with Crippen molar-refractivity contribution in [1.29, 1.82) is 0 Å². The van der Waals surface area contributed by atoms with Crippen molar-refractivity contribution in [3.63, 3.8) is 0 Å². The summed E-state index contributed by atoms with van der Waals surface area (Å²) in [4.78, 5) is 16.3. The largest absolute Gasteiger partial charge is 0.466 e. The third-order valence-corrected chi connectivity index (χ3v) is 6.30. The summed E-state index contributed by atoms with van der Waals surface area (Å²) in [6.07, 6.45) is 5.25. The highest BCUT2D eigenvalue weighted by Crippen LogP contribution is 2.52. The van der Waals surface area contributed by atoms with Gasteiger partial charge in [-0.15, -0.1) is 24.0 Å². The van der Waals surface area contributed by atoms with E-state index in [4.69, 9.17) is 9.47 Å². The Morgan fingerprint density at radius 3 is 2.50 bits per heavy atom. The van der Waals surface area contributed by atoms with Gasteiger partial charge in [0.2, 0.25) is 0 Å². The van der Waals surface area contributed by atoms with Crippen LogP contribution in [0, 0.1) is 17.3 Å². The van der Waals surface area contributed by atoms with E-state index in [1.807, 2.05) is 14.0 Å². The maximum absolute atomic E-state index is 11.9. The predicted molar refractivity (Wildman–Crippen MR) is 113 cm³/mol. The van der Waals surface area contributed by atoms with Gasteiger partial charge in [0, 0.05) is 37.1 Å². The molecule has 2 aliphatic carbocycles. The fourth-order valence-corrected chi connectivity index (χ4v) is 4.86. The van der Waals surface area contributed by atoms with Gasteiger partial charge in [-0.2, -0.15) is 0 Å². The third-order valence-electron chi connectivity index (χ3n) is 6.30. The quantitative estimate of drug-likeness (QED) is 0.281. The first-order chi connectivity index (χ1) is 12.0.